The Morgan fingerprint density at radius 1 is 1.26 bits per heavy atom. The second-order valence-corrected chi connectivity index (χ2v) is 7.55. The molecule has 0 radical (unpaired) electrons. The van der Waals surface area contributed by atoms with Gasteiger partial charge in [-0.25, -0.2) is 18.4 Å². The molecule has 19 heavy (non-hydrogen) atoms. The monoisotopic (exact) mass is 473 g/mol. The normalized spacial score (nSPS) is 11.3. The van der Waals surface area contributed by atoms with Crippen LogP contribution < -0.4 is 4.72 Å². The Morgan fingerprint density at radius 3 is 2.58 bits per heavy atom. The zero-order valence-electron chi connectivity index (χ0n) is 9.14. The van der Waals surface area contributed by atoms with Crippen LogP contribution in [-0.4, -0.2) is 18.4 Å². The molecule has 2 heterocycles. The van der Waals surface area contributed by atoms with Crippen molar-refractivity contribution >= 4 is 66.0 Å². The van der Waals surface area contributed by atoms with Gasteiger partial charge in [-0.15, -0.1) is 0 Å². The SMILES string of the molecule is O=S(=O)(Nc1ccc(I)cn1)c1cnc(Cl)c(Br)c1. The molecular formula is C10H6BrClIN3O2S. The summed E-state index contributed by atoms with van der Waals surface area (Å²) in [6, 6.07) is 4.71. The molecule has 0 aliphatic carbocycles. The summed E-state index contributed by atoms with van der Waals surface area (Å²) in [5.74, 6) is 0.242. The number of nitrogens with zero attached hydrogens (tertiary/aromatic N) is 2. The second kappa shape index (κ2) is 5.90. The van der Waals surface area contributed by atoms with E-state index in [-0.39, 0.29) is 15.9 Å². The highest BCUT2D eigenvalue weighted by molar-refractivity contribution is 14.1. The van der Waals surface area contributed by atoms with Gasteiger partial charge < -0.3 is 0 Å². The summed E-state index contributed by atoms with van der Waals surface area (Å²) in [6.07, 6.45) is 2.75. The fourth-order valence-electron chi connectivity index (χ4n) is 1.18. The number of sulfonamides is 1. The number of aromatic nitrogens is 2. The summed E-state index contributed by atoms with van der Waals surface area (Å²) >= 11 is 10.9. The first kappa shape index (κ1) is 14.9. The summed E-state index contributed by atoms with van der Waals surface area (Å²) in [7, 11) is -3.73. The van der Waals surface area contributed by atoms with Crippen molar-refractivity contribution in [3.05, 3.63) is 43.8 Å². The fourth-order valence-corrected chi connectivity index (χ4v) is 3.08. The Balaban J connectivity index is 2.32. The van der Waals surface area contributed by atoms with Crippen LogP contribution in [0.3, 0.4) is 0 Å². The largest absolute Gasteiger partial charge is 0.264 e. The molecule has 0 aliphatic rings. The minimum Gasteiger partial charge on any atom is -0.263 e. The van der Waals surface area contributed by atoms with Gasteiger partial charge in [0, 0.05) is 16.0 Å². The van der Waals surface area contributed by atoms with Gasteiger partial charge in [0.15, 0.2) is 0 Å². The average molecular weight is 475 g/mol. The molecule has 0 aromatic carbocycles. The van der Waals surface area contributed by atoms with Crippen molar-refractivity contribution in [2.24, 2.45) is 0 Å². The number of anilines is 1. The van der Waals surface area contributed by atoms with E-state index in [2.05, 4.69) is 53.2 Å². The standard InChI is InChI=1S/C10H6BrClIN3O2S/c11-8-3-7(5-15-10(8)12)19(17,18)16-9-2-1-6(13)4-14-9/h1-5H,(H,14,16). The first-order chi connectivity index (χ1) is 8.88. The van der Waals surface area contributed by atoms with Crippen molar-refractivity contribution in [1.29, 1.82) is 0 Å². The summed E-state index contributed by atoms with van der Waals surface area (Å²) in [4.78, 5) is 7.76. The Kier molecular flexibility index (Phi) is 4.64. The minimum atomic E-state index is -3.73. The van der Waals surface area contributed by atoms with Crippen LogP contribution in [0.2, 0.25) is 5.15 Å². The lowest BCUT2D eigenvalue weighted by atomic mass is 10.5. The Labute approximate surface area is 137 Å². The van der Waals surface area contributed by atoms with Crippen molar-refractivity contribution in [3.8, 4) is 0 Å². The molecule has 1 N–H and O–H groups in total. The van der Waals surface area contributed by atoms with E-state index in [0.717, 1.165) is 3.57 Å². The van der Waals surface area contributed by atoms with Crippen LogP contribution in [0.25, 0.3) is 0 Å². The van der Waals surface area contributed by atoms with E-state index in [9.17, 15) is 8.42 Å². The number of halogens is 3. The van der Waals surface area contributed by atoms with Gasteiger partial charge in [0.05, 0.1) is 4.47 Å². The van der Waals surface area contributed by atoms with E-state index in [4.69, 9.17) is 11.6 Å². The van der Waals surface area contributed by atoms with Crippen molar-refractivity contribution in [3.63, 3.8) is 0 Å². The molecule has 2 aromatic heterocycles. The lowest BCUT2D eigenvalue weighted by Crippen LogP contribution is -2.14. The topological polar surface area (TPSA) is 72.0 Å². The maximum atomic E-state index is 12.1. The van der Waals surface area contributed by atoms with E-state index in [0.29, 0.717) is 4.47 Å². The van der Waals surface area contributed by atoms with Crippen LogP contribution in [0, 0.1) is 3.57 Å². The van der Waals surface area contributed by atoms with Gasteiger partial charge in [0.1, 0.15) is 15.9 Å². The number of pyridine rings is 2. The predicted octanol–water partition coefficient (Wildman–Crippen LogP) is 3.30. The van der Waals surface area contributed by atoms with Crippen LogP contribution in [0.5, 0.6) is 0 Å². The Bertz CT molecular complexity index is 709. The van der Waals surface area contributed by atoms with Gasteiger partial charge in [0.25, 0.3) is 10.0 Å². The highest BCUT2D eigenvalue weighted by Crippen LogP contribution is 2.23. The van der Waals surface area contributed by atoms with Gasteiger partial charge in [-0.2, -0.15) is 0 Å². The summed E-state index contributed by atoms with van der Waals surface area (Å²) in [5.41, 5.74) is 0. The molecule has 5 nitrogen and oxygen atoms in total. The summed E-state index contributed by atoms with van der Waals surface area (Å²) in [5, 5.41) is 0.200. The first-order valence-corrected chi connectivity index (χ1v) is 8.57. The van der Waals surface area contributed by atoms with Gasteiger partial charge in [-0.3, -0.25) is 4.72 Å². The summed E-state index contributed by atoms with van der Waals surface area (Å²) in [6.45, 7) is 0. The maximum absolute atomic E-state index is 12.1. The molecule has 0 saturated carbocycles. The highest BCUT2D eigenvalue weighted by atomic mass is 127. The van der Waals surface area contributed by atoms with E-state index < -0.39 is 10.0 Å². The second-order valence-electron chi connectivity index (χ2n) is 3.41. The smallest absolute Gasteiger partial charge is 0.263 e. The lowest BCUT2D eigenvalue weighted by molar-refractivity contribution is 0.600. The van der Waals surface area contributed by atoms with Gasteiger partial charge >= 0.3 is 0 Å². The third-order valence-electron chi connectivity index (χ3n) is 2.05. The van der Waals surface area contributed by atoms with Crippen molar-refractivity contribution in [2.45, 2.75) is 4.90 Å². The van der Waals surface area contributed by atoms with E-state index in [1.54, 1.807) is 18.3 Å². The predicted molar refractivity (Wildman–Crippen MR) is 84.7 cm³/mol. The number of rotatable bonds is 3. The zero-order chi connectivity index (χ0) is 14.0. The Hall–Kier alpha value is -0.450. The number of hydrogen-bond acceptors (Lipinski definition) is 4. The minimum absolute atomic E-state index is 0.00382. The van der Waals surface area contributed by atoms with Gasteiger partial charge in [-0.05, 0) is 56.7 Å². The summed E-state index contributed by atoms with van der Waals surface area (Å²) < 4.78 is 27.9. The van der Waals surface area contributed by atoms with Gasteiger partial charge in [0.2, 0.25) is 0 Å². The molecule has 0 bridgehead atoms. The Morgan fingerprint density at radius 2 is 2.00 bits per heavy atom. The molecule has 0 spiro atoms. The van der Waals surface area contributed by atoms with Crippen LogP contribution in [-0.2, 0) is 10.0 Å². The molecule has 0 amide bonds. The molecule has 2 rings (SSSR count). The number of hydrogen-bond donors (Lipinski definition) is 1. The average Bonchev–Trinajstić information content (AvgIpc) is 2.35. The van der Waals surface area contributed by atoms with Crippen molar-refractivity contribution < 1.29 is 8.42 Å². The third-order valence-corrected chi connectivity index (χ3v) is 5.14. The first-order valence-electron chi connectivity index (χ1n) is 4.84. The molecule has 0 aliphatic heterocycles. The molecule has 0 fully saturated rings. The fraction of sp³-hybridized carbons (Fsp3) is 0. The van der Waals surface area contributed by atoms with Crippen LogP contribution in [0.15, 0.2) is 40.0 Å². The van der Waals surface area contributed by atoms with E-state index in [1.165, 1.54) is 12.3 Å². The lowest BCUT2D eigenvalue weighted by Gasteiger charge is -2.07. The zero-order valence-corrected chi connectivity index (χ0v) is 14.5. The van der Waals surface area contributed by atoms with Gasteiger partial charge in [-0.1, -0.05) is 11.6 Å². The van der Waals surface area contributed by atoms with E-state index in [1.807, 2.05) is 0 Å². The molecule has 100 valence electrons. The number of nitrogens with one attached hydrogen (secondary N) is 1. The molecule has 2 aromatic rings. The van der Waals surface area contributed by atoms with Crippen LogP contribution in [0.1, 0.15) is 0 Å². The molecule has 0 unspecified atom stereocenters. The molecule has 0 saturated heterocycles. The molecule has 0 atom stereocenters. The van der Waals surface area contributed by atoms with E-state index >= 15 is 0 Å². The molecular weight excluding hydrogens is 468 g/mol. The quantitative estimate of drug-likeness (QED) is 0.548. The highest BCUT2D eigenvalue weighted by Gasteiger charge is 2.16. The van der Waals surface area contributed by atoms with Crippen LogP contribution in [0.4, 0.5) is 5.82 Å². The third kappa shape index (κ3) is 3.77. The molecule has 9 heteroatoms. The maximum Gasteiger partial charge on any atom is 0.264 e. The van der Waals surface area contributed by atoms with Crippen molar-refractivity contribution in [1.82, 2.24) is 9.97 Å². The van der Waals surface area contributed by atoms with Crippen LogP contribution >= 0.6 is 50.1 Å². The van der Waals surface area contributed by atoms with Crippen molar-refractivity contribution in [2.75, 3.05) is 4.72 Å².